The summed E-state index contributed by atoms with van der Waals surface area (Å²) in [6.07, 6.45) is 4.95. The lowest BCUT2D eigenvalue weighted by molar-refractivity contribution is 0.00154. The summed E-state index contributed by atoms with van der Waals surface area (Å²) in [5, 5.41) is 12.4. The van der Waals surface area contributed by atoms with E-state index >= 15 is 0 Å². The first-order valence-electron chi connectivity index (χ1n) is 13.0. The summed E-state index contributed by atoms with van der Waals surface area (Å²) in [4.78, 5) is 8.44. The monoisotopic (exact) mass is 602 g/mol. The number of fused-ring (bicyclic) bond motifs is 1. The van der Waals surface area contributed by atoms with E-state index in [4.69, 9.17) is 25.8 Å². The molecule has 0 unspecified atom stereocenters. The Bertz CT molecular complexity index is 1620. The average Bonchev–Trinajstić information content (AvgIpc) is 3.67. The summed E-state index contributed by atoms with van der Waals surface area (Å²) in [5.41, 5.74) is 2.15. The SMILES string of the molecule is COc1cccc(OC)c1-n1c(NS(=O)(=O)[C@@H](C)[C@@H](OC(C)C)c2ncc(Cl)cn2)nnc1-c1cnn2c1CCC2. The third-order valence-electron chi connectivity index (χ3n) is 6.72. The zero-order valence-corrected chi connectivity index (χ0v) is 24.8. The number of rotatable bonds is 11. The number of ether oxygens (including phenoxy) is 3. The van der Waals surface area contributed by atoms with Gasteiger partial charge in [-0.3, -0.25) is 14.0 Å². The third-order valence-corrected chi connectivity index (χ3v) is 8.61. The van der Waals surface area contributed by atoms with Crippen LogP contribution in [0.1, 0.15) is 44.8 Å². The molecule has 0 amide bonds. The molecule has 0 radical (unpaired) electrons. The first kappa shape index (κ1) is 28.8. The quantitative estimate of drug-likeness (QED) is 0.268. The van der Waals surface area contributed by atoms with Crippen LogP contribution in [0, 0.1) is 0 Å². The molecular weight excluding hydrogens is 572 g/mol. The van der Waals surface area contributed by atoms with Gasteiger partial charge in [0.2, 0.25) is 16.0 Å². The zero-order chi connectivity index (χ0) is 29.3. The van der Waals surface area contributed by atoms with Crippen LogP contribution in [0.4, 0.5) is 5.95 Å². The molecule has 1 N–H and O–H groups in total. The maximum absolute atomic E-state index is 13.9. The van der Waals surface area contributed by atoms with E-state index in [1.807, 2.05) is 4.68 Å². The third kappa shape index (κ3) is 5.59. The summed E-state index contributed by atoms with van der Waals surface area (Å²) < 4.78 is 51.2. The maximum Gasteiger partial charge on any atom is 0.243 e. The molecule has 3 aromatic heterocycles. The molecule has 1 aliphatic heterocycles. The average molecular weight is 603 g/mol. The van der Waals surface area contributed by atoms with Crippen LogP contribution in [0.2, 0.25) is 5.02 Å². The summed E-state index contributed by atoms with van der Waals surface area (Å²) in [6.45, 7) is 5.92. The Morgan fingerprint density at radius 3 is 2.34 bits per heavy atom. The van der Waals surface area contributed by atoms with Crippen molar-refractivity contribution >= 4 is 27.6 Å². The minimum atomic E-state index is -4.17. The minimum absolute atomic E-state index is 0.0621. The highest BCUT2D eigenvalue weighted by atomic mass is 35.5. The molecule has 0 saturated carbocycles. The van der Waals surface area contributed by atoms with Crippen molar-refractivity contribution in [1.82, 2.24) is 34.5 Å². The van der Waals surface area contributed by atoms with Crippen molar-refractivity contribution < 1.29 is 22.6 Å². The molecule has 0 aliphatic carbocycles. The maximum atomic E-state index is 13.9. The predicted molar refractivity (Wildman–Crippen MR) is 152 cm³/mol. The van der Waals surface area contributed by atoms with Gasteiger partial charge in [0.05, 0.1) is 37.1 Å². The number of methoxy groups -OCH3 is 2. The first-order chi connectivity index (χ1) is 19.6. The highest BCUT2D eigenvalue weighted by Crippen LogP contribution is 2.39. The van der Waals surface area contributed by atoms with Crippen LogP contribution in [-0.4, -0.2) is 68.5 Å². The molecule has 13 nitrogen and oxygen atoms in total. The molecular formula is C26H31ClN8O5S. The Hall–Kier alpha value is -3.75. The molecule has 41 heavy (non-hydrogen) atoms. The molecule has 0 spiro atoms. The highest BCUT2D eigenvalue weighted by molar-refractivity contribution is 7.93. The smallest absolute Gasteiger partial charge is 0.243 e. The summed E-state index contributed by atoms with van der Waals surface area (Å²) >= 11 is 5.96. The summed E-state index contributed by atoms with van der Waals surface area (Å²) in [7, 11) is -1.13. The summed E-state index contributed by atoms with van der Waals surface area (Å²) in [6, 6.07) is 5.26. The van der Waals surface area contributed by atoms with E-state index in [9.17, 15) is 8.42 Å². The van der Waals surface area contributed by atoms with E-state index in [2.05, 4.69) is 30.0 Å². The normalized spacial score (nSPS) is 14.6. The molecule has 5 rings (SSSR count). The molecule has 2 atom stereocenters. The number of para-hydroxylation sites is 1. The molecule has 0 saturated heterocycles. The van der Waals surface area contributed by atoms with Crippen molar-refractivity contribution in [2.24, 2.45) is 0 Å². The van der Waals surface area contributed by atoms with Gasteiger partial charge >= 0.3 is 0 Å². The van der Waals surface area contributed by atoms with E-state index in [0.29, 0.717) is 28.0 Å². The van der Waals surface area contributed by atoms with Gasteiger partial charge in [-0.15, -0.1) is 10.2 Å². The Morgan fingerprint density at radius 2 is 1.71 bits per heavy atom. The van der Waals surface area contributed by atoms with Crippen molar-refractivity contribution in [1.29, 1.82) is 0 Å². The molecule has 0 bridgehead atoms. The Balaban J connectivity index is 1.62. The zero-order valence-electron chi connectivity index (χ0n) is 23.3. The fourth-order valence-corrected chi connectivity index (χ4v) is 5.95. The van der Waals surface area contributed by atoms with Crippen LogP contribution < -0.4 is 14.2 Å². The largest absolute Gasteiger partial charge is 0.494 e. The van der Waals surface area contributed by atoms with Gasteiger partial charge in [-0.25, -0.2) is 18.4 Å². The van der Waals surface area contributed by atoms with Crippen molar-refractivity contribution in [3.8, 4) is 28.6 Å². The second kappa shape index (κ2) is 11.6. The molecule has 1 aromatic carbocycles. The molecule has 4 heterocycles. The molecule has 15 heteroatoms. The number of halogens is 1. The van der Waals surface area contributed by atoms with Crippen molar-refractivity contribution in [3.05, 3.63) is 53.3 Å². The second-order valence-corrected chi connectivity index (χ2v) is 12.2. The van der Waals surface area contributed by atoms with Crippen LogP contribution in [0.3, 0.4) is 0 Å². The van der Waals surface area contributed by atoms with E-state index in [0.717, 1.165) is 30.6 Å². The van der Waals surface area contributed by atoms with Crippen molar-refractivity contribution in [3.63, 3.8) is 0 Å². The van der Waals surface area contributed by atoms with E-state index in [-0.39, 0.29) is 17.9 Å². The predicted octanol–water partition coefficient (Wildman–Crippen LogP) is 3.83. The molecule has 4 aromatic rings. The van der Waals surface area contributed by atoms with Gasteiger partial charge in [0.25, 0.3) is 0 Å². The number of aromatic nitrogens is 7. The van der Waals surface area contributed by atoms with Gasteiger partial charge in [0, 0.05) is 24.6 Å². The van der Waals surface area contributed by atoms with Crippen LogP contribution in [0.5, 0.6) is 11.5 Å². The van der Waals surface area contributed by atoms with Gasteiger partial charge in [0.15, 0.2) is 11.6 Å². The Morgan fingerprint density at radius 1 is 1.02 bits per heavy atom. The van der Waals surface area contributed by atoms with Gasteiger partial charge in [0.1, 0.15) is 28.5 Å². The number of hydrogen-bond acceptors (Lipinski definition) is 10. The van der Waals surface area contributed by atoms with Crippen LogP contribution in [0.15, 0.2) is 36.8 Å². The van der Waals surface area contributed by atoms with Gasteiger partial charge in [-0.2, -0.15) is 5.10 Å². The van der Waals surface area contributed by atoms with E-state index in [1.54, 1.807) is 42.8 Å². The van der Waals surface area contributed by atoms with Gasteiger partial charge < -0.3 is 14.2 Å². The number of nitrogens with zero attached hydrogens (tertiary/aromatic N) is 7. The Kier molecular flexibility index (Phi) is 8.16. The standard InChI is InChI=1S/C26H31ClN8O5S/c1-15(2)40-23(24-28-12-17(27)13-29-24)16(3)41(36,37)33-26-32-31-25(18-14-30-34-11-7-8-19(18)34)35(26)22-20(38-4)9-6-10-21(22)39-5/h6,9-10,12-16,23H,7-8,11H2,1-5H3,(H,32,33)/t16-,23+/m0/s1. The van der Waals surface area contributed by atoms with Gasteiger partial charge in [-0.05, 0) is 45.7 Å². The van der Waals surface area contributed by atoms with E-state index < -0.39 is 21.4 Å². The fraction of sp³-hybridized carbons (Fsp3) is 0.423. The highest BCUT2D eigenvalue weighted by Gasteiger charge is 2.36. The molecule has 218 valence electrons. The van der Waals surface area contributed by atoms with E-state index in [1.165, 1.54) is 33.5 Å². The lowest BCUT2D eigenvalue weighted by Crippen LogP contribution is -2.35. The number of aryl methyl sites for hydroxylation is 1. The first-order valence-corrected chi connectivity index (χ1v) is 14.9. The van der Waals surface area contributed by atoms with Crippen LogP contribution >= 0.6 is 11.6 Å². The Labute approximate surface area is 242 Å². The number of benzene rings is 1. The van der Waals surface area contributed by atoms with Crippen LogP contribution in [0.25, 0.3) is 17.1 Å². The summed E-state index contributed by atoms with van der Waals surface area (Å²) in [5.74, 6) is 1.37. The number of sulfonamides is 1. The minimum Gasteiger partial charge on any atom is -0.494 e. The molecule has 0 fully saturated rings. The molecule has 1 aliphatic rings. The van der Waals surface area contributed by atoms with Crippen LogP contribution in [-0.2, 0) is 27.7 Å². The number of hydrogen-bond donors (Lipinski definition) is 1. The number of nitrogens with one attached hydrogen (secondary N) is 1. The second-order valence-electron chi connectivity index (χ2n) is 9.74. The lowest BCUT2D eigenvalue weighted by atomic mass is 10.1. The van der Waals surface area contributed by atoms with Crippen molar-refractivity contribution in [2.45, 2.75) is 57.6 Å². The van der Waals surface area contributed by atoms with Gasteiger partial charge in [-0.1, -0.05) is 17.7 Å². The fourth-order valence-electron chi connectivity index (χ4n) is 4.77. The lowest BCUT2D eigenvalue weighted by Gasteiger charge is -2.25. The number of anilines is 1. The van der Waals surface area contributed by atoms with Crippen molar-refractivity contribution in [2.75, 3.05) is 18.9 Å². The topological polar surface area (TPSA) is 148 Å².